The van der Waals surface area contributed by atoms with Crippen molar-refractivity contribution in [1.29, 1.82) is 0 Å². The van der Waals surface area contributed by atoms with E-state index in [0.29, 0.717) is 30.0 Å². The number of ether oxygens (including phenoxy) is 2. The smallest absolute Gasteiger partial charge is 0.387 e. The summed E-state index contributed by atoms with van der Waals surface area (Å²) in [6.45, 7) is -2.31. The molecule has 164 valence electrons. The molecule has 3 rings (SSSR count). The zero-order chi connectivity index (χ0) is 22.2. The van der Waals surface area contributed by atoms with Gasteiger partial charge < -0.3 is 19.3 Å². The van der Waals surface area contributed by atoms with Gasteiger partial charge in [0.15, 0.2) is 11.1 Å². The van der Waals surface area contributed by atoms with Crippen molar-refractivity contribution >= 4 is 16.9 Å². The molecule has 0 saturated carbocycles. The number of nitrogens with one attached hydrogen (secondary N) is 1. The van der Waals surface area contributed by atoms with Crippen LogP contribution < -0.4 is 14.8 Å². The van der Waals surface area contributed by atoms with Crippen LogP contribution in [-0.2, 0) is 23.3 Å². The number of aromatic nitrogens is 2. The molecule has 0 aliphatic carbocycles. The molecule has 0 radical (unpaired) electrons. The van der Waals surface area contributed by atoms with E-state index in [9.17, 15) is 13.0 Å². The average Bonchev–Trinajstić information content (AvgIpc) is 2.74. The molecule has 1 heterocycles. The summed E-state index contributed by atoms with van der Waals surface area (Å²) in [5, 5.41) is 3.20. The third-order valence-electron chi connectivity index (χ3n) is 4.27. The summed E-state index contributed by atoms with van der Waals surface area (Å²) in [4.78, 5) is 8.64. The fourth-order valence-electron chi connectivity index (χ4n) is 2.89. The predicted octanol–water partition coefficient (Wildman–Crippen LogP) is 4.13. The van der Waals surface area contributed by atoms with Crippen LogP contribution in [0.1, 0.15) is 11.1 Å². The number of methoxy groups -OCH3 is 1. The van der Waals surface area contributed by atoms with E-state index >= 15 is 0 Å². The summed E-state index contributed by atoms with van der Waals surface area (Å²) in [6.07, 6.45) is 0.633. The second kappa shape index (κ2) is 10.8. The zero-order valence-corrected chi connectivity index (χ0v) is 17.4. The van der Waals surface area contributed by atoms with Gasteiger partial charge in [-0.3, -0.25) is 0 Å². The maximum atomic E-state index is 12.2. The Morgan fingerprint density at radius 2 is 1.87 bits per heavy atom. The molecule has 0 saturated heterocycles. The molecule has 0 aliphatic rings. The fourth-order valence-corrected chi connectivity index (χ4v) is 3.36. The molecule has 31 heavy (non-hydrogen) atoms. The van der Waals surface area contributed by atoms with Gasteiger partial charge in [0.25, 0.3) is 0 Å². The first-order valence-electron chi connectivity index (χ1n) is 9.30. The Balaban J connectivity index is 1.69. The Morgan fingerprint density at radius 3 is 2.55 bits per heavy atom. The van der Waals surface area contributed by atoms with Crippen molar-refractivity contribution in [2.24, 2.45) is 0 Å². The van der Waals surface area contributed by atoms with Crippen LogP contribution in [0.3, 0.4) is 0 Å². The highest BCUT2D eigenvalue weighted by molar-refractivity contribution is 7.78. The van der Waals surface area contributed by atoms with Gasteiger partial charge >= 0.3 is 12.6 Å². The first-order chi connectivity index (χ1) is 14.9. The topological polar surface area (TPSA) is 93.6 Å². The molecule has 0 bridgehead atoms. The first-order valence-corrected chi connectivity index (χ1v) is 10.6. The number of nitrogens with zero attached hydrogens (tertiary/aromatic N) is 2. The monoisotopic (exact) mass is 449 g/mol. The third-order valence-corrected chi connectivity index (χ3v) is 4.85. The van der Waals surface area contributed by atoms with Gasteiger partial charge in [-0.1, -0.05) is 30.3 Å². The van der Waals surface area contributed by atoms with E-state index in [1.165, 1.54) is 19.2 Å². The molecule has 1 unspecified atom stereocenters. The second-order valence-corrected chi connectivity index (χ2v) is 7.42. The van der Waals surface area contributed by atoms with Crippen molar-refractivity contribution in [3.05, 3.63) is 65.7 Å². The minimum atomic E-state index is -2.85. The number of rotatable bonds is 10. The lowest BCUT2D eigenvalue weighted by molar-refractivity contribution is -0.0498. The minimum absolute atomic E-state index is 0.0301. The Hall–Kier alpha value is -3.11. The lowest BCUT2D eigenvalue weighted by Gasteiger charge is -2.11. The summed E-state index contributed by atoms with van der Waals surface area (Å²) in [5.41, 5.74) is 3.03. The highest BCUT2D eigenvalue weighted by atomic mass is 32.2. The number of halogens is 2. The standard InChI is InChI=1S/C21H21F2N3O4S/c1-29-21-25-18(16-4-2-3-15(11-16)13-31(27)28)12-19(26-21)24-10-9-14-5-7-17(8-6-14)30-20(22)23/h2-8,11-12,20H,9-10,13H2,1H3,(H,27,28)(H,24,25,26). The van der Waals surface area contributed by atoms with Crippen LogP contribution in [0, 0.1) is 0 Å². The van der Waals surface area contributed by atoms with Crippen molar-refractivity contribution in [3.8, 4) is 23.0 Å². The van der Waals surface area contributed by atoms with Gasteiger partial charge in [0.1, 0.15) is 11.6 Å². The molecular formula is C21H21F2N3O4S. The van der Waals surface area contributed by atoms with E-state index in [1.807, 2.05) is 6.07 Å². The largest absolute Gasteiger partial charge is 0.467 e. The lowest BCUT2D eigenvalue weighted by atomic mass is 10.1. The van der Waals surface area contributed by atoms with Gasteiger partial charge in [-0.05, 0) is 35.7 Å². The van der Waals surface area contributed by atoms with Gasteiger partial charge in [0, 0.05) is 18.2 Å². The van der Waals surface area contributed by atoms with Crippen LogP contribution >= 0.6 is 0 Å². The summed E-state index contributed by atoms with van der Waals surface area (Å²) < 4.78 is 54.2. The van der Waals surface area contributed by atoms with Crippen LogP contribution in [-0.4, -0.2) is 39.0 Å². The molecule has 1 atom stereocenters. The van der Waals surface area contributed by atoms with E-state index in [4.69, 9.17) is 9.29 Å². The number of anilines is 1. The summed E-state index contributed by atoms with van der Waals surface area (Å²) in [6, 6.07) is 15.6. The lowest BCUT2D eigenvalue weighted by Crippen LogP contribution is -2.08. The van der Waals surface area contributed by atoms with Crippen LogP contribution in [0.4, 0.5) is 14.6 Å². The molecule has 0 spiro atoms. The van der Waals surface area contributed by atoms with Gasteiger partial charge in [-0.25, -0.2) is 4.21 Å². The van der Waals surface area contributed by atoms with E-state index in [2.05, 4.69) is 20.0 Å². The normalized spacial score (nSPS) is 11.9. The molecule has 0 aliphatic heterocycles. The number of hydrogen-bond acceptors (Lipinski definition) is 6. The van der Waals surface area contributed by atoms with Crippen molar-refractivity contribution in [1.82, 2.24) is 9.97 Å². The van der Waals surface area contributed by atoms with Gasteiger partial charge in [0.05, 0.1) is 18.6 Å². The van der Waals surface area contributed by atoms with Crippen LogP contribution in [0.5, 0.6) is 11.8 Å². The number of alkyl halides is 2. The van der Waals surface area contributed by atoms with Crippen LogP contribution in [0.2, 0.25) is 0 Å². The van der Waals surface area contributed by atoms with Gasteiger partial charge in [-0.2, -0.15) is 18.7 Å². The SMILES string of the molecule is COc1nc(NCCc2ccc(OC(F)F)cc2)cc(-c2cccc(CS(=O)O)c2)n1. The minimum Gasteiger partial charge on any atom is -0.467 e. The molecule has 10 heteroatoms. The molecule has 2 N–H and O–H groups in total. The fraction of sp³-hybridized carbons (Fsp3) is 0.238. The molecule has 0 amide bonds. The average molecular weight is 449 g/mol. The second-order valence-electron chi connectivity index (χ2n) is 6.49. The molecule has 0 fully saturated rings. The maximum absolute atomic E-state index is 12.2. The van der Waals surface area contributed by atoms with Gasteiger partial charge in [-0.15, -0.1) is 0 Å². The van der Waals surface area contributed by atoms with Crippen LogP contribution in [0.15, 0.2) is 54.6 Å². The Kier molecular flexibility index (Phi) is 7.85. The Bertz CT molecular complexity index is 1040. The Morgan fingerprint density at radius 1 is 1.10 bits per heavy atom. The van der Waals surface area contributed by atoms with Crippen LogP contribution in [0.25, 0.3) is 11.3 Å². The van der Waals surface area contributed by atoms with Crippen molar-refractivity contribution in [3.63, 3.8) is 0 Å². The summed E-state index contributed by atoms with van der Waals surface area (Å²) in [7, 11) is 1.47. The zero-order valence-electron chi connectivity index (χ0n) is 16.6. The predicted molar refractivity (Wildman–Crippen MR) is 114 cm³/mol. The molecule has 3 aromatic rings. The van der Waals surface area contributed by atoms with E-state index in [1.54, 1.807) is 36.4 Å². The third kappa shape index (κ3) is 6.97. The highest BCUT2D eigenvalue weighted by Gasteiger charge is 2.09. The van der Waals surface area contributed by atoms with Crippen molar-refractivity contribution in [2.45, 2.75) is 18.8 Å². The number of hydrogen-bond donors (Lipinski definition) is 2. The van der Waals surface area contributed by atoms with Crippen molar-refractivity contribution in [2.75, 3.05) is 19.0 Å². The van der Waals surface area contributed by atoms with E-state index in [0.717, 1.165) is 11.1 Å². The molecule has 1 aromatic heterocycles. The number of benzene rings is 2. The summed E-state index contributed by atoms with van der Waals surface area (Å²) in [5.74, 6) is 0.697. The quantitative estimate of drug-likeness (QED) is 0.450. The Labute approximate surface area is 180 Å². The summed E-state index contributed by atoms with van der Waals surface area (Å²) >= 11 is -1.93. The highest BCUT2D eigenvalue weighted by Crippen LogP contribution is 2.24. The van der Waals surface area contributed by atoms with E-state index in [-0.39, 0.29) is 17.5 Å². The van der Waals surface area contributed by atoms with E-state index < -0.39 is 17.7 Å². The first kappa shape index (κ1) is 22.6. The maximum Gasteiger partial charge on any atom is 0.387 e. The van der Waals surface area contributed by atoms with Gasteiger partial charge in [0.2, 0.25) is 0 Å². The molecule has 7 nitrogen and oxygen atoms in total. The molecule has 2 aromatic carbocycles. The van der Waals surface area contributed by atoms with Crippen molar-refractivity contribution < 1.29 is 27.0 Å². The molecular weight excluding hydrogens is 428 g/mol.